The number of aliphatic hydroxyl groups is 1. The summed E-state index contributed by atoms with van der Waals surface area (Å²) in [6.07, 6.45) is 3.54. The van der Waals surface area contributed by atoms with E-state index in [1.807, 2.05) is 19.1 Å². The van der Waals surface area contributed by atoms with Crippen LogP contribution in [0.4, 0.5) is 0 Å². The van der Waals surface area contributed by atoms with Gasteiger partial charge in [0.25, 0.3) is 0 Å². The van der Waals surface area contributed by atoms with Crippen molar-refractivity contribution in [3.05, 3.63) is 29.8 Å². The Bertz CT molecular complexity index is 384. The standard InChI is InChI=1S/C15H23NO2/c1-2-18-14-6-4-3-5-13(14)12-7-9-15(17,11-16)10-8-12/h3-6,12,17H,2,7-11,16H2,1H3. The van der Waals surface area contributed by atoms with Gasteiger partial charge in [-0.2, -0.15) is 0 Å². The van der Waals surface area contributed by atoms with Crippen LogP contribution in [0, 0.1) is 0 Å². The van der Waals surface area contributed by atoms with E-state index in [0.29, 0.717) is 19.1 Å². The Morgan fingerprint density at radius 1 is 1.33 bits per heavy atom. The van der Waals surface area contributed by atoms with Gasteiger partial charge in [-0.1, -0.05) is 18.2 Å². The highest BCUT2D eigenvalue weighted by atomic mass is 16.5. The summed E-state index contributed by atoms with van der Waals surface area (Å²) in [6, 6.07) is 8.24. The fourth-order valence-corrected chi connectivity index (χ4v) is 2.78. The van der Waals surface area contributed by atoms with Crippen LogP contribution in [-0.4, -0.2) is 23.9 Å². The third-order valence-electron chi connectivity index (χ3n) is 3.95. The second-order valence-electron chi connectivity index (χ2n) is 5.17. The van der Waals surface area contributed by atoms with Crippen LogP contribution in [0.1, 0.15) is 44.1 Å². The number of hydrogen-bond donors (Lipinski definition) is 2. The van der Waals surface area contributed by atoms with Gasteiger partial charge in [0.05, 0.1) is 12.2 Å². The molecule has 2 rings (SSSR count). The fourth-order valence-electron chi connectivity index (χ4n) is 2.78. The Morgan fingerprint density at radius 2 is 2.00 bits per heavy atom. The molecule has 1 aliphatic rings. The molecule has 0 spiro atoms. The van der Waals surface area contributed by atoms with Gasteiger partial charge in [0.2, 0.25) is 0 Å². The zero-order valence-electron chi connectivity index (χ0n) is 11.1. The van der Waals surface area contributed by atoms with Crippen LogP contribution >= 0.6 is 0 Å². The lowest BCUT2D eigenvalue weighted by Crippen LogP contribution is -2.40. The summed E-state index contributed by atoms with van der Waals surface area (Å²) < 4.78 is 5.68. The van der Waals surface area contributed by atoms with Crippen LogP contribution in [0.5, 0.6) is 5.75 Å². The van der Waals surface area contributed by atoms with E-state index in [2.05, 4.69) is 12.1 Å². The van der Waals surface area contributed by atoms with Crippen molar-refractivity contribution in [2.75, 3.05) is 13.2 Å². The quantitative estimate of drug-likeness (QED) is 0.861. The van der Waals surface area contributed by atoms with Gasteiger partial charge in [-0.05, 0) is 50.2 Å². The predicted molar refractivity (Wildman–Crippen MR) is 72.8 cm³/mol. The average Bonchev–Trinajstić information content (AvgIpc) is 2.41. The van der Waals surface area contributed by atoms with Crippen LogP contribution in [0.25, 0.3) is 0 Å². The zero-order valence-corrected chi connectivity index (χ0v) is 11.1. The Labute approximate surface area is 109 Å². The molecule has 0 amide bonds. The van der Waals surface area contributed by atoms with Crippen molar-refractivity contribution >= 4 is 0 Å². The van der Waals surface area contributed by atoms with Gasteiger partial charge < -0.3 is 15.6 Å². The Hall–Kier alpha value is -1.06. The normalized spacial score (nSPS) is 28.1. The Balaban J connectivity index is 2.09. The Kier molecular flexibility index (Phi) is 4.25. The highest BCUT2D eigenvalue weighted by molar-refractivity contribution is 5.36. The SMILES string of the molecule is CCOc1ccccc1C1CCC(O)(CN)CC1. The van der Waals surface area contributed by atoms with E-state index < -0.39 is 5.60 Å². The lowest BCUT2D eigenvalue weighted by atomic mass is 9.76. The highest BCUT2D eigenvalue weighted by Crippen LogP contribution is 2.40. The molecule has 0 bridgehead atoms. The van der Waals surface area contributed by atoms with Crippen LogP contribution in [0.3, 0.4) is 0 Å². The van der Waals surface area contributed by atoms with Crippen molar-refractivity contribution in [3.8, 4) is 5.75 Å². The first-order valence-electron chi connectivity index (χ1n) is 6.82. The van der Waals surface area contributed by atoms with E-state index in [4.69, 9.17) is 10.5 Å². The van der Waals surface area contributed by atoms with E-state index in [9.17, 15) is 5.11 Å². The van der Waals surface area contributed by atoms with Gasteiger partial charge in [-0.15, -0.1) is 0 Å². The maximum absolute atomic E-state index is 10.2. The van der Waals surface area contributed by atoms with E-state index in [-0.39, 0.29) is 0 Å². The smallest absolute Gasteiger partial charge is 0.122 e. The molecule has 1 fully saturated rings. The maximum atomic E-state index is 10.2. The largest absolute Gasteiger partial charge is 0.494 e. The molecule has 3 nitrogen and oxygen atoms in total. The summed E-state index contributed by atoms with van der Waals surface area (Å²) in [5.41, 5.74) is 6.26. The molecular weight excluding hydrogens is 226 g/mol. The molecule has 3 N–H and O–H groups in total. The molecule has 0 aliphatic heterocycles. The van der Waals surface area contributed by atoms with Gasteiger partial charge in [-0.3, -0.25) is 0 Å². The molecule has 0 radical (unpaired) electrons. The van der Waals surface area contributed by atoms with Gasteiger partial charge in [-0.25, -0.2) is 0 Å². The van der Waals surface area contributed by atoms with Gasteiger partial charge in [0.1, 0.15) is 5.75 Å². The number of para-hydroxylation sites is 1. The molecule has 1 aromatic rings. The maximum Gasteiger partial charge on any atom is 0.122 e. The number of rotatable bonds is 4. The molecule has 0 unspecified atom stereocenters. The lowest BCUT2D eigenvalue weighted by molar-refractivity contribution is 0.00745. The molecule has 0 aromatic heterocycles. The van der Waals surface area contributed by atoms with Crippen LogP contribution in [0.15, 0.2) is 24.3 Å². The highest BCUT2D eigenvalue weighted by Gasteiger charge is 2.33. The minimum atomic E-state index is -0.642. The second-order valence-corrected chi connectivity index (χ2v) is 5.17. The van der Waals surface area contributed by atoms with Crippen molar-refractivity contribution in [3.63, 3.8) is 0 Å². The summed E-state index contributed by atoms with van der Waals surface area (Å²) in [5.74, 6) is 1.47. The van der Waals surface area contributed by atoms with Crippen molar-refractivity contribution < 1.29 is 9.84 Å². The molecule has 1 aliphatic carbocycles. The summed E-state index contributed by atoms with van der Waals surface area (Å²) in [7, 11) is 0. The molecule has 3 heteroatoms. The predicted octanol–water partition coefficient (Wildman–Crippen LogP) is 2.43. The second kappa shape index (κ2) is 5.72. The van der Waals surface area contributed by atoms with Gasteiger partial charge >= 0.3 is 0 Å². The lowest BCUT2D eigenvalue weighted by Gasteiger charge is -2.35. The Morgan fingerprint density at radius 3 is 2.61 bits per heavy atom. The number of nitrogens with two attached hydrogens (primary N) is 1. The summed E-state index contributed by atoms with van der Waals surface area (Å²) in [4.78, 5) is 0. The number of hydrogen-bond acceptors (Lipinski definition) is 3. The topological polar surface area (TPSA) is 55.5 Å². The average molecular weight is 249 g/mol. The molecule has 100 valence electrons. The van der Waals surface area contributed by atoms with Crippen molar-refractivity contribution in [1.82, 2.24) is 0 Å². The molecule has 0 saturated heterocycles. The monoisotopic (exact) mass is 249 g/mol. The molecule has 18 heavy (non-hydrogen) atoms. The van der Waals surface area contributed by atoms with Crippen molar-refractivity contribution in [1.29, 1.82) is 0 Å². The van der Waals surface area contributed by atoms with E-state index in [1.165, 1.54) is 5.56 Å². The first kappa shape index (κ1) is 13.4. The summed E-state index contributed by atoms with van der Waals surface area (Å²) >= 11 is 0. The van der Waals surface area contributed by atoms with E-state index in [1.54, 1.807) is 0 Å². The first-order valence-corrected chi connectivity index (χ1v) is 6.82. The minimum absolute atomic E-state index is 0.368. The fraction of sp³-hybridized carbons (Fsp3) is 0.600. The van der Waals surface area contributed by atoms with Gasteiger partial charge in [0, 0.05) is 6.54 Å². The van der Waals surface area contributed by atoms with Crippen LogP contribution in [-0.2, 0) is 0 Å². The first-order chi connectivity index (χ1) is 8.68. The molecular formula is C15H23NO2. The van der Waals surface area contributed by atoms with Crippen LogP contribution in [0.2, 0.25) is 0 Å². The van der Waals surface area contributed by atoms with Crippen LogP contribution < -0.4 is 10.5 Å². The summed E-state index contributed by atoms with van der Waals surface area (Å²) in [5, 5.41) is 10.2. The molecule has 1 saturated carbocycles. The van der Waals surface area contributed by atoms with E-state index >= 15 is 0 Å². The number of ether oxygens (including phenoxy) is 1. The van der Waals surface area contributed by atoms with Crippen molar-refractivity contribution in [2.45, 2.75) is 44.1 Å². The van der Waals surface area contributed by atoms with Crippen molar-refractivity contribution in [2.24, 2.45) is 5.73 Å². The van der Waals surface area contributed by atoms with E-state index in [0.717, 1.165) is 31.4 Å². The molecule has 0 atom stereocenters. The van der Waals surface area contributed by atoms with Gasteiger partial charge in [0.15, 0.2) is 0 Å². The third-order valence-corrected chi connectivity index (χ3v) is 3.95. The zero-order chi connectivity index (χ0) is 13.0. The molecule has 1 aromatic carbocycles. The number of benzene rings is 1. The molecule has 0 heterocycles. The minimum Gasteiger partial charge on any atom is -0.494 e. The summed E-state index contributed by atoms with van der Waals surface area (Å²) in [6.45, 7) is 3.06. The third kappa shape index (κ3) is 2.85.